The molecule has 0 aromatic rings. The predicted octanol–water partition coefficient (Wildman–Crippen LogP) is 3.20. The Balaban J connectivity index is 2.65. The van der Waals surface area contributed by atoms with E-state index < -0.39 is 5.60 Å². The SMILES string of the molecule is COC1(C(C)=O)CCC(C(C)(C)C)CC1. The van der Waals surface area contributed by atoms with E-state index in [9.17, 15) is 4.79 Å². The average Bonchev–Trinajstić information content (AvgIpc) is 2.16. The number of methoxy groups -OCH3 is 1. The number of carbonyl (C=O) groups excluding carboxylic acids is 1. The molecule has 1 aliphatic rings. The molecule has 0 amide bonds. The highest BCUT2D eigenvalue weighted by Crippen LogP contribution is 2.42. The second-order valence-corrected chi connectivity index (χ2v) is 5.89. The number of carbonyl (C=O) groups is 1. The average molecular weight is 212 g/mol. The van der Waals surface area contributed by atoms with Crippen LogP contribution < -0.4 is 0 Å². The van der Waals surface area contributed by atoms with Gasteiger partial charge in [-0.25, -0.2) is 0 Å². The first-order valence-electron chi connectivity index (χ1n) is 5.88. The monoisotopic (exact) mass is 212 g/mol. The van der Waals surface area contributed by atoms with Crippen molar-refractivity contribution in [1.82, 2.24) is 0 Å². The molecule has 1 rings (SSSR count). The number of ether oxygens (including phenoxy) is 1. The van der Waals surface area contributed by atoms with Crippen molar-refractivity contribution in [3.8, 4) is 0 Å². The van der Waals surface area contributed by atoms with Crippen LogP contribution in [0.1, 0.15) is 53.4 Å². The van der Waals surface area contributed by atoms with Crippen LogP contribution in [0.3, 0.4) is 0 Å². The molecule has 2 nitrogen and oxygen atoms in total. The Bertz CT molecular complexity index is 229. The minimum atomic E-state index is -0.470. The lowest BCUT2D eigenvalue weighted by Crippen LogP contribution is -2.44. The summed E-state index contributed by atoms with van der Waals surface area (Å²) in [6, 6.07) is 0. The van der Waals surface area contributed by atoms with Gasteiger partial charge >= 0.3 is 0 Å². The topological polar surface area (TPSA) is 26.3 Å². The van der Waals surface area contributed by atoms with Crippen molar-refractivity contribution < 1.29 is 9.53 Å². The first-order valence-corrected chi connectivity index (χ1v) is 5.88. The molecule has 0 N–H and O–H groups in total. The smallest absolute Gasteiger partial charge is 0.161 e. The van der Waals surface area contributed by atoms with Gasteiger partial charge in [0.15, 0.2) is 5.78 Å². The maximum absolute atomic E-state index is 11.6. The van der Waals surface area contributed by atoms with Crippen LogP contribution in [0.15, 0.2) is 0 Å². The van der Waals surface area contributed by atoms with Crippen LogP contribution in [0.25, 0.3) is 0 Å². The van der Waals surface area contributed by atoms with Crippen LogP contribution >= 0.6 is 0 Å². The summed E-state index contributed by atoms with van der Waals surface area (Å²) < 4.78 is 5.45. The summed E-state index contributed by atoms with van der Waals surface area (Å²) in [6.07, 6.45) is 4.00. The molecule has 0 radical (unpaired) electrons. The zero-order chi connectivity index (χ0) is 11.7. The highest BCUT2D eigenvalue weighted by Gasteiger charge is 2.41. The molecular formula is C13H24O2. The van der Waals surface area contributed by atoms with E-state index in [4.69, 9.17) is 4.74 Å². The van der Waals surface area contributed by atoms with Crippen LogP contribution in [0, 0.1) is 11.3 Å². The predicted molar refractivity (Wildman–Crippen MR) is 61.8 cm³/mol. The molecule has 0 saturated heterocycles. The van der Waals surface area contributed by atoms with E-state index in [1.807, 2.05) is 0 Å². The number of hydrogen-bond acceptors (Lipinski definition) is 2. The molecule has 88 valence electrons. The molecule has 0 atom stereocenters. The molecule has 0 bridgehead atoms. The quantitative estimate of drug-likeness (QED) is 0.702. The lowest BCUT2D eigenvalue weighted by atomic mass is 9.67. The van der Waals surface area contributed by atoms with Gasteiger partial charge in [-0.15, -0.1) is 0 Å². The Labute approximate surface area is 93.4 Å². The fraction of sp³-hybridized carbons (Fsp3) is 0.923. The Morgan fingerprint density at radius 2 is 1.73 bits per heavy atom. The third kappa shape index (κ3) is 2.60. The van der Waals surface area contributed by atoms with Crippen LogP contribution in [-0.4, -0.2) is 18.5 Å². The van der Waals surface area contributed by atoms with E-state index in [-0.39, 0.29) is 5.78 Å². The largest absolute Gasteiger partial charge is 0.370 e. The lowest BCUT2D eigenvalue weighted by molar-refractivity contribution is -0.145. The van der Waals surface area contributed by atoms with Crippen molar-refractivity contribution in [3.63, 3.8) is 0 Å². The molecule has 0 aliphatic heterocycles. The Kier molecular flexibility index (Phi) is 3.59. The summed E-state index contributed by atoms with van der Waals surface area (Å²) in [4.78, 5) is 11.6. The Morgan fingerprint density at radius 1 is 1.27 bits per heavy atom. The van der Waals surface area contributed by atoms with E-state index in [0.29, 0.717) is 5.41 Å². The number of ketones is 1. The molecule has 0 heterocycles. The van der Waals surface area contributed by atoms with E-state index in [0.717, 1.165) is 31.6 Å². The van der Waals surface area contributed by atoms with Crippen LogP contribution in [-0.2, 0) is 9.53 Å². The van der Waals surface area contributed by atoms with Crippen molar-refractivity contribution >= 4 is 5.78 Å². The molecule has 1 aliphatic carbocycles. The number of hydrogen-bond donors (Lipinski definition) is 0. The molecule has 0 spiro atoms. The molecule has 0 aromatic heterocycles. The zero-order valence-corrected chi connectivity index (χ0v) is 10.7. The number of Topliss-reactive ketones (excluding diaryl/α,β-unsaturated/α-hetero) is 1. The van der Waals surface area contributed by atoms with E-state index in [2.05, 4.69) is 20.8 Å². The van der Waals surface area contributed by atoms with Crippen molar-refractivity contribution in [2.24, 2.45) is 11.3 Å². The molecule has 15 heavy (non-hydrogen) atoms. The van der Waals surface area contributed by atoms with Gasteiger partial charge in [0.05, 0.1) is 0 Å². The van der Waals surface area contributed by atoms with Crippen molar-refractivity contribution in [3.05, 3.63) is 0 Å². The third-order valence-electron chi connectivity index (χ3n) is 4.05. The van der Waals surface area contributed by atoms with Gasteiger partial charge in [-0.3, -0.25) is 4.79 Å². The minimum absolute atomic E-state index is 0.192. The third-order valence-corrected chi connectivity index (χ3v) is 4.05. The second-order valence-electron chi connectivity index (χ2n) is 5.89. The summed E-state index contributed by atoms with van der Waals surface area (Å²) in [7, 11) is 1.67. The van der Waals surface area contributed by atoms with E-state index in [1.54, 1.807) is 14.0 Å². The van der Waals surface area contributed by atoms with Crippen molar-refractivity contribution in [2.45, 2.75) is 59.0 Å². The van der Waals surface area contributed by atoms with Gasteiger partial charge in [0.1, 0.15) is 5.60 Å². The highest BCUT2D eigenvalue weighted by atomic mass is 16.5. The van der Waals surface area contributed by atoms with Gasteiger partial charge in [-0.2, -0.15) is 0 Å². The molecule has 0 unspecified atom stereocenters. The fourth-order valence-electron chi connectivity index (χ4n) is 2.65. The maximum atomic E-state index is 11.6. The van der Waals surface area contributed by atoms with E-state index in [1.165, 1.54) is 0 Å². The first-order chi connectivity index (χ1) is 6.82. The molecular weight excluding hydrogens is 188 g/mol. The lowest BCUT2D eigenvalue weighted by Gasteiger charge is -2.41. The minimum Gasteiger partial charge on any atom is -0.370 e. The van der Waals surface area contributed by atoms with Gasteiger partial charge in [-0.05, 0) is 43.9 Å². The summed E-state index contributed by atoms with van der Waals surface area (Å²) in [5.41, 5.74) is -0.113. The fourth-order valence-corrected chi connectivity index (χ4v) is 2.65. The van der Waals surface area contributed by atoms with Crippen LogP contribution in [0.2, 0.25) is 0 Å². The van der Waals surface area contributed by atoms with Crippen molar-refractivity contribution in [2.75, 3.05) is 7.11 Å². The zero-order valence-electron chi connectivity index (χ0n) is 10.7. The summed E-state index contributed by atoms with van der Waals surface area (Å²) in [5.74, 6) is 0.914. The van der Waals surface area contributed by atoms with E-state index >= 15 is 0 Å². The van der Waals surface area contributed by atoms with Gasteiger partial charge < -0.3 is 4.74 Å². The highest BCUT2D eigenvalue weighted by molar-refractivity contribution is 5.85. The summed E-state index contributed by atoms with van der Waals surface area (Å²) >= 11 is 0. The standard InChI is InChI=1S/C13H24O2/c1-10(14)13(15-5)8-6-11(7-9-13)12(2,3)4/h11H,6-9H2,1-5H3. The Hall–Kier alpha value is -0.370. The second kappa shape index (κ2) is 4.25. The number of rotatable bonds is 2. The van der Waals surface area contributed by atoms with Crippen LogP contribution in [0.5, 0.6) is 0 Å². The molecule has 2 heteroatoms. The molecule has 0 aromatic carbocycles. The summed E-state index contributed by atoms with van der Waals surface area (Å²) in [5, 5.41) is 0. The van der Waals surface area contributed by atoms with Gasteiger partial charge in [0.25, 0.3) is 0 Å². The normalized spacial score (nSPS) is 32.7. The first kappa shape index (κ1) is 12.7. The summed E-state index contributed by atoms with van der Waals surface area (Å²) in [6.45, 7) is 8.50. The van der Waals surface area contributed by atoms with Crippen molar-refractivity contribution in [1.29, 1.82) is 0 Å². The molecule has 1 fully saturated rings. The van der Waals surface area contributed by atoms with Gasteiger partial charge in [0, 0.05) is 7.11 Å². The van der Waals surface area contributed by atoms with Crippen LogP contribution in [0.4, 0.5) is 0 Å². The van der Waals surface area contributed by atoms with Gasteiger partial charge in [0.2, 0.25) is 0 Å². The molecule has 1 saturated carbocycles. The van der Waals surface area contributed by atoms with Gasteiger partial charge in [-0.1, -0.05) is 20.8 Å². The Morgan fingerprint density at radius 3 is 2.00 bits per heavy atom. The maximum Gasteiger partial charge on any atom is 0.161 e.